The number of thiazole rings is 1. The first kappa shape index (κ1) is 28.1. The fourth-order valence-electron chi connectivity index (χ4n) is 4.52. The molecule has 0 saturated heterocycles. The first-order valence-corrected chi connectivity index (χ1v) is 15.0. The monoisotopic (exact) mass is 639 g/mol. The summed E-state index contributed by atoms with van der Waals surface area (Å²) < 4.78 is 14.4. The van der Waals surface area contributed by atoms with Gasteiger partial charge in [0.05, 0.1) is 27.4 Å². The molecule has 0 saturated carbocycles. The fourth-order valence-corrected chi connectivity index (χ4v) is 6.79. The van der Waals surface area contributed by atoms with Crippen molar-refractivity contribution in [2.75, 3.05) is 20.2 Å². The van der Waals surface area contributed by atoms with Gasteiger partial charge in [-0.2, -0.15) is 0 Å². The third-order valence-corrected chi connectivity index (χ3v) is 9.13. The highest BCUT2D eigenvalue weighted by molar-refractivity contribution is 9.10. The van der Waals surface area contributed by atoms with E-state index in [0.29, 0.717) is 61.0 Å². The van der Waals surface area contributed by atoms with Gasteiger partial charge in [-0.25, -0.2) is 15.0 Å². The molecular weight excluding hydrogens is 614 g/mol. The van der Waals surface area contributed by atoms with E-state index in [1.165, 1.54) is 23.1 Å². The molecule has 0 fully saturated rings. The fraction of sp³-hybridized carbons (Fsp3) is 0.250. The van der Waals surface area contributed by atoms with E-state index < -0.39 is 6.04 Å². The number of benzene rings is 1. The Bertz CT molecular complexity index is 1770. The molecule has 1 aromatic carbocycles. The smallest absolute Gasteiger partial charge is 0.271 e. The van der Waals surface area contributed by atoms with E-state index in [4.69, 9.17) is 14.1 Å². The molecule has 1 aliphatic heterocycles. The summed E-state index contributed by atoms with van der Waals surface area (Å²) >= 11 is 6.05. The van der Waals surface area contributed by atoms with Crippen LogP contribution in [0.25, 0.3) is 6.08 Å². The number of carbonyl (C=O) groups excluding carboxylic acids is 1. The lowest BCUT2D eigenvalue weighted by Gasteiger charge is -2.29. The molecule has 1 amide bonds. The molecule has 4 aromatic rings. The van der Waals surface area contributed by atoms with Gasteiger partial charge in [-0.3, -0.25) is 14.2 Å². The third-order valence-electron chi connectivity index (χ3n) is 6.41. The first-order chi connectivity index (χ1) is 19.4. The van der Waals surface area contributed by atoms with E-state index >= 15 is 0 Å². The van der Waals surface area contributed by atoms with Gasteiger partial charge in [0.25, 0.3) is 11.5 Å². The summed E-state index contributed by atoms with van der Waals surface area (Å²) in [7, 11) is 1.58. The van der Waals surface area contributed by atoms with Crippen molar-refractivity contribution < 1.29 is 13.9 Å². The van der Waals surface area contributed by atoms with Gasteiger partial charge in [0.1, 0.15) is 17.6 Å². The van der Waals surface area contributed by atoms with Crippen LogP contribution in [0.1, 0.15) is 38.1 Å². The van der Waals surface area contributed by atoms with Gasteiger partial charge in [-0.15, -0.1) is 0 Å². The lowest BCUT2D eigenvalue weighted by Crippen LogP contribution is -2.43. The van der Waals surface area contributed by atoms with Crippen molar-refractivity contribution in [2.45, 2.75) is 37.1 Å². The molecule has 0 aliphatic carbocycles. The molecule has 0 unspecified atom stereocenters. The molecule has 0 spiro atoms. The number of para-hydroxylation sites is 1. The van der Waals surface area contributed by atoms with Gasteiger partial charge in [-0.05, 0) is 66.7 Å². The number of ether oxygens (including phenoxy) is 1. The van der Waals surface area contributed by atoms with Crippen molar-refractivity contribution in [3.8, 4) is 5.75 Å². The second-order valence-corrected chi connectivity index (χ2v) is 11.5. The number of aromatic nitrogens is 3. The number of nitrogens with zero attached hydrogens (tertiary/aromatic N) is 5. The Morgan fingerprint density at radius 1 is 1.23 bits per heavy atom. The van der Waals surface area contributed by atoms with Crippen molar-refractivity contribution in [1.82, 2.24) is 19.4 Å². The SMILES string of the molecule is CCN(CC)C(=O)C1=C(C)N=c2s/c(=C\c3cc(Br)c(Sc4ncccn4)o3)c(=O)n2[C@H]1c1ccccc1OC. The predicted molar refractivity (Wildman–Crippen MR) is 157 cm³/mol. The molecular formula is C28H26BrN5O4S2. The molecule has 12 heteroatoms. The lowest BCUT2D eigenvalue weighted by atomic mass is 9.94. The van der Waals surface area contributed by atoms with Crippen molar-refractivity contribution in [3.63, 3.8) is 0 Å². The van der Waals surface area contributed by atoms with Gasteiger partial charge >= 0.3 is 0 Å². The minimum absolute atomic E-state index is 0.156. The maximum Gasteiger partial charge on any atom is 0.271 e. The van der Waals surface area contributed by atoms with E-state index in [2.05, 4.69) is 25.9 Å². The van der Waals surface area contributed by atoms with Crippen molar-refractivity contribution in [1.29, 1.82) is 0 Å². The number of allylic oxidation sites excluding steroid dienone is 1. The average Bonchev–Trinajstić information content (AvgIpc) is 3.46. The molecule has 1 atom stereocenters. The average molecular weight is 641 g/mol. The molecule has 3 aromatic heterocycles. The number of hydrogen-bond donors (Lipinski definition) is 0. The Kier molecular flexibility index (Phi) is 8.38. The second kappa shape index (κ2) is 11.9. The standard InChI is InChI=1S/C28H26BrN5O4S2/c1-5-33(6-2)25(36)22-16(3)32-28-34(23(22)18-10-7-8-11-20(18)37-4)24(35)21(39-28)15-17-14-19(29)26(38-17)40-27-30-12-9-13-31-27/h7-15,23H,5-6H2,1-4H3/b21-15-/t23-/m0/s1. The van der Waals surface area contributed by atoms with Gasteiger partial charge in [0, 0.05) is 37.1 Å². The van der Waals surface area contributed by atoms with E-state index in [1.54, 1.807) is 47.2 Å². The first-order valence-electron chi connectivity index (χ1n) is 12.5. The van der Waals surface area contributed by atoms with Crippen LogP contribution < -0.4 is 19.6 Å². The highest BCUT2D eigenvalue weighted by Gasteiger charge is 2.35. The number of fused-ring (bicyclic) bond motifs is 1. The van der Waals surface area contributed by atoms with Crippen molar-refractivity contribution in [2.24, 2.45) is 4.99 Å². The van der Waals surface area contributed by atoms with Gasteiger partial charge in [0.15, 0.2) is 15.1 Å². The van der Waals surface area contributed by atoms with Crippen LogP contribution >= 0.6 is 39.0 Å². The zero-order chi connectivity index (χ0) is 28.4. The van der Waals surface area contributed by atoms with Crippen LogP contribution in [-0.4, -0.2) is 45.5 Å². The Morgan fingerprint density at radius 3 is 2.65 bits per heavy atom. The van der Waals surface area contributed by atoms with Crippen LogP contribution in [0.3, 0.4) is 0 Å². The zero-order valence-corrected chi connectivity index (χ0v) is 25.5. The summed E-state index contributed by atoms with van der Waals surface area (Å²) in [6.45, 7) is 6.76. The lowest BCUT2D eigenvalue weighted by molar-refractivity contribution is -0.127. The van der Waals surface area contributed by atoms with Crippen LogP contribution in [0, 0.1) is 0 Å². The molecule has 206 valence electrons. The summed E-state index contributed by atoms with van der Waals surface area (Å²) in [5.41, 5.74) is 1.47. The van der Waals surface area contributed by atoms with Crippen molar-refractivity contribution in [3.05, 3.63) is 95.5 Å². The molecule has 0 bridgehead atoms. The van der Waals surface area contributed by atoms with Crippen LogP contribution in [0.2, 0.25) is 0 Å². The van der Waals surface area contributed by atoms with Crippen LogP contribution in [0.5, 0.6) is 5.75 Å². The van der Waals surface area contributed by atoms with E-state index in [-0.39, 0.29) is 11.5 Å². The molecule has 1 aliphatic rings. The number of likely N-dealkylation sites (N-methyl/N-ethyl adjacent to an activating group) is 1. The molecule has 0 N–H and O–H groups in total. The van der Waals surface area contributed by atoms with Gasteiger partial charge in [0.2, 0.25) is 0 Å². The van der Waals surface area contributed by atoms with E-state index in [9.17, 15) is 9.59 Å². The van der Waals surface area contributed by atoms with Crippen LogP contribution in [-0.2, 0) is 4.79 Å². The summed E-state index contributed by atoms with van der Waals surface area (Å²) in [5, 5.41) is 1.11. The highest BCUT2D eigenvalue weighted by Crippen LogP contribution is 2.36. The number of carbonyl (C=O) groups is 1. The zero-order valence-electron chi connectivity index (χ0n) is 22.3. The topological polar surface area (TPSA) is 103 Å². The van der Waals surface area contributed by atoms with Gasteiger partial charge < -0.3 is 14.1 Å². The predicted octanol–water partition coefficient (Wildman–Crippen LogP) is 4.41. The van der Waals surface area contributed by atoms with Crippen LogP contribution in [0.4, 0.5) is 0 Å². The van der Waals surface area contributed by atoms with Crippen molar-refractivity contribution >= 4 is 51.0 Å². The number of furan rings is 1. The Labute approximate surface area is 247 Å². The van der Waals surface area contributed by atoms with Crippen LogP contribution in [0.15, 0.2) is 89.0 Å². The van der Waals surface area contributed by atoms with Gasteiger partial charge in [-0.1, -0.05) is 29.5 Å². The Hall–Kier alpha value is -3.48. The molecule has 9 nitrogen and oxygen atoms in total. The minimum atomic E-state index is -0.702. The Morgan fingerprint density at radius 2 is 1.95 bits per heavy atom. The molecule has 40 heavy (non-hydrogen) atoms. The number of methoxy groups -OCH3 is 1. The minimum Gasteiger partial charge on any atom is -0.496 e. The maximum atomic E-state index is 14.0. The third kappa shape index (κ3) is 5.30. The quantitative estimate of drug-likeness (QED) is 0.263. The van der Waals surface area contributed by atoms with E-state index in [0.717, 1.165) is 4.47 Å². The number of halogens is 1. The molecule has 0 radical (unpaired) electrons. The molecule has 4 heterocycles. The highest BCUT2D eigenvalue weighted by atomic mass is 79.9. The summed E-state index contributed by atoms with van der Waals surface area (Å²) in [5.74, 6) is 0.914. The Balaban J connectivity index is 1.65. The number of rotatable bonds is 8. The summed E-state index contributed by atoms with van der Waals surface area (Å²) in [6.07, 6.45) is 5.01. The maximum absolute atomic E-state index is 14.0. The summed E-state index contributed by atoms with van der Waals surface area (Å²) in [4.78, 5) is 43.2. The number of hydrogen-bond acceptors (Lipinski definition) is 9. The molecule has 5 rings (SSSR count). The largest absolute Gasteiger partial charge is 0.496 e. The van der Waals surface area contributed by atoms with E-state index in [1.807, 2.05) is 45.0 Å². The second-order valence-electron chi connectivity index (χ2n) is 8.72. The number of amides is 1. The summed E-state index contributed by atoms with van der Waals surface area (Å²) in [6, 6.07) is 10.3. The normalized spacial score (nSPS) is 15.1.